The monoisotopic (exact) mass is 566 g/mol. The van der Waals surface area contributed by atoms with Crippen LogP contribution in [0.25, 0.3) is 0 Å². The minimum Gasteiger partial charge on any atom is -0.486 e. The number of rotatable bonds is 8. The van der Waals surface area contributed by atoms with E-state index in [0.29, 0.717) is 18.1 Å². The van der Waals surface area contributed by atoms with Crippen LogP contribution in [0, 0.1) is 18.7 Å². The zero-order valence-electron chi connectivity index (χ0n) is 23.8. The average molecular weight is 567 g/mol. The van der Waals surface area contributed by atoms with Crippen LogP contribution < -0.4 is 10.1 Å². The van der Waals surface area contributed by atoms with Crippen LogP contribution in [0.1, 0.15) is 75.9 Å². The highest BCUT2D eigenvalue weighted by Crippen LogP contribution is 2.40. The molecular weight excluding hydrogens is 531 g/mol. The quantitative estimate of drug-likeness (QED) is 0.252. The van der Waals surface area contributed by atoms with E-state index in [-0.39, 0.29) is 48.5 Å². The second-order valence-corrected chi connectivity index (χ2v) is 11.3. The summed E-state index contributed by atoms with van der Waals surface area (Å²) in [5, 5.41) is 2.79. The minimum absolute atomic E-state index is 0.110. The molecule has 6 nitrogen and oxygen atoms in total. The summed E-state index contributed by atoms with van der Waals surface area (Å²) in [6.45, 7) is 3.21. The fourth-order valence-corrected chi connectivity index (χ4v) is 6.13. The van der Waals surface area contributed by atoms with Gasteiger partial charge in [0.2, 0.25) is 5.91 Å². The van der Waals surface area contributed by atoms with Crippen molar-refractivity contribution in [2.24, 2.45) is 5.92 Å². The lowest BCUT2D eigenvalue weighted by molar-refractivity contribution is -0.137. The summed E-state index contributed by atoms with van der Waals surface area (Å²) in [6.07, 6.45) is 5.00. The highest BCUT2D eigenvalue weighted by atomic mass is 19.1. The molecular formula is C35H35FN2O4. The second-order valence-electron chi connectivity index (χ2n) is 11.3. The molecule has 0 unspecified atom stereocenters. The Labute approximate surface area is 245 Å². The van der Waals surface area contributed by atoms with Gasteiger partial charge in [-0.3, -0.25) is 9.59 Å². The van der Waals surface area contributed by atoms with Crippen LogP contribution in [0.3, 0.4) is 0 Å². The molecule has 2 amide bonds. The van der Waals surface area contributed by atoms with E-state index in [0.717, 1.165) is 54.4 Å². The number of hydrogen-bond donors (Lipinski definition) is 1. The van der Waals surface area contributed by atoms with Crippen LogP contribution in [-0.2, 0) is 24.4 Å². The van der Waals surface area contributed by atoms with Gasteiger partial charge in [0, 0.05) is 19.0 Å². The van der Waals surface area contributed by atoms with E-state index < -0.39 is 0 Å². The molecule has 4 aromatic rings. The van der Waals surface area contributed by atoms with Crippen LogP contribution in [0.4, 0.5) is 4.39 Å². The third-order valence-electron chi connectivity index (χ3n) is 8.32. The molecule has 216 valence electrons. The summed E-state index contributed by atoms with van der Waals surface area (Å²) in [7, 11) is 0. The van der Waals surface area contributed by atoms with Crippen molar-refractivity contribution in [1.29, 1.82) is 0 Å². The molecule has 1 aliphatic heterocycles. The minimum atomic E-state index is -0.354. The summed E-state index contributed by atoms with van der Waals surface area (Å²) >= 11 is 0. The predicted octanol–water partition coefficient (Wildman–Crippen LogP) is 6.90. The highest BCUT2D eigenvalue weighted by Gasteiger charge is 2.36. The first kappa shape index (κ1) is 27.8. The second kappa shape index (κ2) is 12.2. The SMILES string of the molecule is Cc1cccc([C@@H]2c3cc(OCc4ccc(C(=O)NCc5ccc(F)cc5)o4)ccc3CCN2C(=O)C2CCCC2)c1. The summed E-state index contributed by atoms with van der Waals surface area (Å²) in [5.41, 5.74) is 5.38. The number of carbonyl (C=O) groups excluding carboxylic acids is 2. The van der Waals surface area contributed by atoms with Gasteiger partial charge in [-0.15, -0.1) is 0 Å². The van der Waals surface area contributed by atoms with Crippen molar-refractivity contribution in [2.75, 3.05) is 6.54 Å². The summed E-state index contributed by atoms with van der Waals surface area (Å²) in [6, 6.07) is 23.7. The smallest absolute Gasteiger partial charge is 0.287 e. The van der Waals surface area contributed by atoms with Gasteiger partial charge in [-0.05, 0) is 84.8 Å². The van der Waals surface area contributed by atoms with E-state index in [1.807, 2.05) is 6.07 Å². The maximum absolute atomic E-state index is 13.7. The number of carbonyl (C=O) groups is 2. The number of amides is 2. The number of fused-ring (bicyclic) bond motifs is 1. The van der Waals surface area contributed by atoms with Crippen molar-refractivity contribution >= 4 is 11.8 Å². The van der Waals surface area contributed by atoms with Gasteiger partial charge >= 0.3 is 0 Å². The van der Waals surface area contributed by atoms with Gasteiger partial charge < -0.3 is 19.4 Å². The van der Waals surface area contributed by atoms with Crippen LogP contribution in [0.15, 0.2) is 83.3 Å². The first-order valence-electron chi connectivity index (χ1n) is 14.7. The Kier molecular flexibility index (Phi) is 8.08. The van der Waals surface area contributed by atoms with E-state index in [1.165, 1.54) is 17.7 Å². The number of aryl methyl sites for hydroxylation is 1. The molecule has 1 N–H and O–H groups in total. The van der Waals surface area contributed by atoms with Crippen LogP contribution in [0.2, 0.25) is 0 Å². The number of benzene rings is 3. The fourth-order valence-electron chi connectivity index (χ4n) is 6.13. The molecule has 1 fully saturated rings. The van der Waals surface area contributed by atoms with E-state index in [9.17, 15) is 14.0 Å². The molecule has 0 spiro atoms. The zero-order chi connectivity index (χ0) is 29.1. The Bertz CT molecular complexity index is 1570. The number of nitrogens with zero attached hydrogens (tertiary/aromatic N) is 1. The van der Waals surface area contributed by atoms with Gasteiger partial charge in [-0.2, -0.15) is 0 Å². The Balaban J connectivity index is 1.17. The lowest BCUT2D eigenvalue weighted by Crippen LogP contribution is -2.43. The van der Waals surface area contributed by atoms with Gasteiger partial charge in [-0.25, -0.2) is 4.39 Å². The molecule has 2 aliphatic rings. The first-order chi connectivity index (χ1) is 20.4. The van der Waals surface area contributed by atoms with Gasteiger partial charge in [-0.1, -0.05) is 60.9 Å². The van der Waals surface area contributed by atoms with Crippen LogP contribution >= 0.6 is 0 Å². The molecule has 0 bridgehead atoms. The third kappa shape index (κ3) is 6.10. The molecule has 1 aliphatic carbocycles. The Morgan fingerprint density at radius 3 is 2.60 bits per heavy atom. The number of ether oxygens (including phenoxy) is 1. The van der Waals surface area contributed by atoms with Gasteiger partial charge in [0.05, 0.1) is 6.04 Å². The molecule has 1 atom stereocenters. The molecule has 1 saturated carbocycles. The highest BCUT2D eigenvalue weighted by molar-refractivity contribution is 5.91. The standard InChI is InChI=1S/C35H35FN2O4/c1-23-5-4-8-27(19-23)33-31-20-29(14-11-25(31)17-18-38(33)35(40)26-6-2-3-7-26)41-22-30-15-16-32(42-30)34(39)37-21-24-9-12-28(36)13-10-24/h4-5,8-16,19-20,26,33H,2-3,6-7,17-18,21-22H2,1H3,(H,37,39)/t33-/m1/s1. The lowest BCUT2D eigenvalue weighted by Gasteiger charge is -2.39. The molecule has 7 heteroatoms. The normalized spacial score (nSPS) is 16.7. The van der Waals surface area contributed by atoms with Crippen molar-refractivity contribution in [2.45, 2.75) is 58.2 Å². The topological polar surface area (TPSA) is 71.8 Å². The fraction of sp³-hybridized carbons (Fsp3) is 0.314. The Morgan fingerprint density at radius 1 is 1.00 bits per heavy atom. The molecule has 6 rings (SSSR count). The van der Waals surface area contributed by atoms with E-state index in [4.69, 9.17) is 9.15 Å². The van der Waals surface area contributed by atoms with E-state index in [2.05, 4.69) is 53.5 Å². The molecule has 3 aromatic carbocycles. The van der Waals surface area contributed by atoms with Gasteiger partial charge in [0.25, 0.3) is 5.91 Å². The zero-order valence-corrected chi connectivity index (χ0v) is 23.8. The van der Waals surface area contributed by atoms with E-state index >= 15 is 0 Å². The maximum atomic E-state index is 13.7. The first-order valence-corrected chi connectivity index (χ1v) is 14.7. The van der Waals surface area contributed by atoms with Gasteiger partial charge in [0.15, 0.2) is 5.76 Å². The number of hydrogen-bond acceptors (Lipinski definition) is 4. The van der Waals surface area contributed by atoms with Crippen molar-refractivity contribution in [3.8, 4) is 5.75 Å². The van der Waals surface area contributed by atoms with Crippen molar-refractivity contribution in [1.82, 2.24) is 10.2 Å². The molecule has 0 saturated heterocycles. The molecule has 1 aromatic heterocycles. The van der Waals surface area contributed by atoms with E-state index in [1.54, 1.807) is 24.3 Å². The average Bonchev–Trinajstić information content (AvgIpc) is 3.72. The molecule has 0 radical (unpaired) electrons. The third-order valence-corrected chi connectivity index (χ3v) is 8.32. The van der Waals surface area contributed by atoms with Crippen LogP contribution in [-0.4, -0.2) is 23.3 Å². The Hall–Kier alpha value is -4.39. The van der Waals surface area contributed by atoms with Crippen LogP contribution in [0.5, 0.6) is 5.75 Å². The summed E-state index contributed by atoms with van der Waals surface area (Å²) < 4.78 is 25.0. The predicted molar refractivity (Wildman–Crippen MR) is 157 cm³/mol. The number of nitrogens with one attached hydrogen (secondary N) is 1. The van der Waals surface area contributed by atoms with Gasteiger partial charge in [0.1, 0.15) is 23.9 Å². The number of halogens is 1. The molecule has 42 heavy (non-hydrogen) atoms. The van der Waals surface area contributed by atoms with Crippen molar-refractivity contribution in [3.05, 3.63) is 124 Å². The molecule has 2 heterocycles. The lowest BCUT2D eigenvalue weighted by atomic mass is 9.86. The summed E-state index contributed by atoms with van der Waals surface area (Å²) in [5.74, 6) is 1.08. The summed E-state index contributed by atoms with van der Waals surface area (Å²) in [4.78, 5) is 28.3. The Morgan fingerprint density at radius 2 is 1.81 bits per heavy atom. The van der Waals surface area contributed by atoms with Crippen molar-refractivity contribution in [3.63, 3.8) is 0 Å². The number of furan rings is 1. The van der Waals surface area contributed by atoms with Crippen molar-refractivity contribution < 1.29 is 23.1 Å². The maximum Gasteiger partial charge on any atom is 0.287 e. The largest absolute Gasteiger partial charge is 0.486 e.